The minimum Gasteiger partial charge on any atom is -0.459 e. The number of hydrogen-bond donors (Lipinski definition) is 1. The van der Waals surface area contributed by atoms with E-state index in [4.69, 9.17) is 8.83 Å². The van der Waals surface area contributed by atoms with Crippen molar-refractivity contribution in [3.63, 3.8) is 0 Å². The summed E-state index contributed by atoms with van der Waals surface area (Å²) in [5.74, 6) is -2.44. The molecular formula is C13H7F2N3O3. The van der Waals surface area contributed by atoms with Crippen molar-refractivity contribution < 1.29 is 22.4 Å². The zero-order chi connectivity index (χ0) is 14.8. The number of benzene rings is 1. The molecule has 2 aromatic heterocycles. The van der Waals surface area contributed by atoms with E-state index in [-0.39, 0.29) is 17.5 Å². The first kappa shape index (κ1) is 13.0. The first-order valence-electron chi connectivity index (χ1n) is 5.77. The van der Waals surface area contributed by atoms with Gasteiger partial charge in [-0.1, -0.05) is 5.10 Å². The summed E-state index contributed by atoms with van der Waals surface area (Å²) >= 11 is 0. The number of nitrogens with zero attached hydrogens (tertiary/aromatic N) is 2. The van der Waals surface area contributed by atoms with Crippen LogP contribution in [0.1, 0.15) is 10.4 Å². The number of aromatic nitrogens is 2. The molecule has 1 amide bonds. The first-order valence-corrected chi connectivity index (χ1v) is 5.77. The molecule has 0 unspecified atom stereocenters. The molecule has 0 saturated heterocycles. The Morgan fingerprint density at radius 3 is 2.71 bits per heavy atom. The number of nitrogens with one attached hydrogen (secondary N) is 1. The Morgan fingerprint density at radius 2 is 2.00 bits per heavy atom. The summed E-state index contributed by atoms with van der Waals surface area (Å²) in [6.07, 6.45) is 1.43. The van der Waals surface area contributed by atoms with Gasteiger partial charge in [-0.25, -0.2) is 8.78 Å². The third kappa shape index (κ3) is 2.64. The number of rotatable bonds is 3. The number of halogens is 2. The highest BCUT2D eigenvalue weighted by atomic mass is 19.2. The highest BCUT2D eigenvalue weighted by Gasteiger charge is 2.15. The lowest BCUT2D eigenvalue weighted by Gasteiger charge is -2.00. The van der Waals surface area contributed by atoms with E-state index in [2.05, 4.69) is 15.5 Å². The number of furan rings is 1. The van der Waals surface area contributed by atoms with Gasteiger partial charge < -0.3 is 8.83 Å². The smallest absolute Gasteiger partial charge is 0.322 e. The van der Waals surface area contributed by atoms with E-state index < -0.39 is 17.5 Å². The largest absolute Gasteiger partial charge is 0.459 e. The van der Waals surface area contributed by atoms with E-state index in [1.807, 2.05) is 0 Å². The zero-order valence-corrected chi connectivity index (χ0v) is 10.3. The maximum atomic E-state index is 13.0. The van der Waals surface area contributed by atoms with Crippen molar-refractivity contribution in [1.29, 1.82) is 0 Å². The Bertz CT molecular complexity index is 784. The Hall–Kier alpha value is -3.03. The first-order chi connectivity index (χ1) is 10.1. The molecule has 1 aromatic carbocycles. The van der Waals surface area contributed by atoms with Crippen molar-refractivity contribution in [2.24, 2.45) is 0 Å². The van der Waals surface area contributed by atoms with Crippen LogP contribution in [0.4, 0.5) is 14.8 Å². The lowest BCUT2D eigenvalue weighted by atomic mass is 10.2. The fourth-order valence-corrected chi connectivity index (χ4v) is 1.58. The van der Waals surface area contributed by atoms with Gasteiger partial charge >= 0.3 is 6.01 Å². The molecule has 3 rings (SSSR count). The lowest BCUT2D eigenvalue weighted by Crippen LogP contribution is -2.12. The van der Waals surface area contributed by atoms with Crippen LogP contribution in [-0.4, -0.2) is 16.1 Å². The molecule has 0 spiro atoms. The SMILES string of the molecule is O=C(Nc1nnc(-c2ccco2)o1)c1ccc(F)c(F)c1. The predicted octanol–water partition coefficient (Wildman–Crippen LogP) is 2.86. The van der Waals surface area contributed by atoms with Crippen LogP contribution in [0, 0.1) is 11.6 Å². The summed E-state index contributed by atoms with van der Waals surface area (Å²) in [6.45, 7) is 0. The molecule has 106 valence electrons. The monoisotopic (exact) mass is 291 g/mol. The Balaban J connectivity index is 1.77. The van der Waals surface area contributed by atoms with Gasteiger partial charge in [0, 0.05) is 5.56 Å². The maximum absolute atomic E-state index is 13.0. The van der Waals surface area contributed by atoms with Gasteiger partial charge in [0.25, 0.3) is 11.8 Å². The number of carbonyl (C=O) groups is 1. The second-order valence-electron chi connectivity index (χ2n) is 3.97. The van der Waals surface area contributed by atoms with Crippen molar-refractivity contribution in [3.05, 3.63) is 53.8 Å². The second kappa shape index (κ2) is 5.16. The highest BCUT2D eigenvalue weighted by molar-refractivity contribution is 6.03. The van der Waals surface area contributed by atoms with Gasteiger partial charge in [0.05, 0.1) is 6.26 Å². The minimum atomic E-state index is -1.12. The topological polar surface area (TPSA) is 81.2 Å². The van der Waals surface area contributed by atoms with Crippen LogP contribution in [-0.2, 0) is 0 Å². The van der Waals surface area contributed by atoms with Crippen LogP contribution >= 0.6 is 0 Å². The normalized spacial score (nSPS) is 10.6. The Labute approximate surface area is 116 Å². The fraction of sp³-hybridized carbons (Fsp3) is 0. The summed E-state index contributed by atoms with van der Waals surface area (Å²) in [5, 5.41) is 9.56. The van der Waals surface area contributed by atoms with Crippen molar-refractivity contribution in [1.82, 2.24) is 10.2 Å². The Kier molecular flexibility index (Phi) is 3.19. The average Bonchev–Trinajstić information content (AvgIpc) is 3.12. The van der Waals surface area contributed by atoms with Crippen LogP contribution < -0.4 is 5.32 Å². The van der Waals surface area contributed by atoms with Crippen molar-refractivity contribution >= 4 is 11.9 Å². The summed E-state index contributed by atoms with van der Waals surface area (Å²) in [7, 11) is 0. The van der Waals surface area contributed by atoms with Gasteiger partial charge in [-0.15, -0.1) is 5.10 Å². The van der Waals surface area contributed by atoms with E-state index in [0.29, 0.717) is 5.76 Å². The maximum Gasteiger partial charge on any atom is 0.322 e. The quantitative estimate of drug-likeness (QED) is 0.802. The minimum absolute atomic E-state index is 0.0772. The molecule has 0 radical (unpaired) electrons. The van der Waals surface area contributed by atoms with E-state index in [1.165, 1.54) is 6.26 Å². The second-order valence-corrected chi connectivity index (χ2v) is 3.97. The summed E-state index contributed by atoms with van der Waals surface area (Å²) in [4.78, 5) is 11.8. The lowest BCUT2D eigenvalue weighted by molar-refractivity contribution is 0.102. The molecule has 1 N–H and O–H groups in total. The van der Waals surface area contributed by atoms with Crippen molar-refractivity contribution in [2.45, 2.75) is 0 Å². The van der Waals surface area contributed by atoms with Crippen LogP contribution in [0.3, 0.4) is 0 Å². The fourth-order valence-electron chi connectivity index (χ4n) is 1.58. The van der Waals surface area contributed by atoms with Gasteiger partial charge in [0.15, 0.2) is 17.4 Å². The highest BCUT2D eigenvalue weighted by Crippen LogP contribution is 2.20. The van der Waals surface area contributed by atoms with E-state index in [0.717, 1.165) is 18.2 Å². The van der Waals surface area contributed by atoms with Crippen LogP contribution in [0.25, 0.3) is 11.7 Å². The van der Waals surface area contributed by atoms with Crippen LogP contribution in [0.5, 0.6) is 0 Å². The molecule has 2 heterocycles. The molecule has 8 heteroatoms. The molecule has 0 aliphatic heterocycles. The Morgan fingerprint density at radius 1 is 1.14 bits per heavy atom. The molecule has 0 saturated carbocycles. The molecule has 21 heavy (non-hydrogen) atoms. The van der Waals surface area contributed by atoms with Crippen molar-refractivity contribution in [3.8, 4) is 11.7 Å². The molecule has 0 fully saturated rings. The standard InChI is InChI=1S/C13H7F2N3O3/c14-8-4-3-7(6-9(8)15)11(19)16-13-18-17-12(21-13)10-2-1-5-20-10/h1-6H,(H,16,18,19). The van der Waals surface area contributed by atoms with E-state index in [1.54, 1.807) is 12.1 Å². The molecule has 0 aliphatic carbocycles. The molecule has 3 aromatic rings. The molecule has 0 atom stereocenters. The number of hydrogen-bond acceptors (Lipinski definition) is 5. The zero-order valence-electron chi connectivity index (χ0n) is 10.3. The average molecular weight is 291 g/mol. The van der Waals surface area contributed by atoms with Crippen molar-refractivity contribution in [2.75, 3.05) is 5.32 Å². The summed E-state index contributed by atoms with van der Waals surface area (Å²) in [6, 6.07) is 5.82. The van der Waals surface area contributed by atoms with Gasteiger partial charge in [0.1, 0.15) is 0 Å². The van der Waals surface area contributed by atoms with Gasteiger partial charge in [-0.2, -0.15) is 0 Å². The van der Waals surface area contributed by atoms with Gasteiger partial charge in [-0.3, -0.25) is 10.1 Å². The van der Waals surface area contributed by atoms with Gasteiger partial charge in [0.2, 0.25) is 0 Å². The molecule has 0 aliphatic rings. The number of anilines is 1. The van der Waals surface area contributed by atoms with E-state index >= 15 is 0 Å². The molecule has 0 bridgehead atoms. The molecule has 6 nitrogen and oxygen atoms in total. The van der Waals surface area contributed by atoms with Gasteiger partial charge in [-0.05, 0) is 30.3 Å². The molecular weight excluding hydrogens is 284 g/mol. The van der Waals surface area contributed by atoms with Crippen LogP contribution in [0.2, 0.25) is 0 Å². The van der Waals surface area contributed by atoms with E-state index in [9.17, 15) is 13.6 Å². The summed E-state index contributed by atoms with van der Waals surface area (Å²) in [5.41, 5.74) is -0.0772. The predicted molar refractivity (Wildman–Crippen MR) is 66.3 cm³/mol. The number of amides is 1. The third-order valence-corrected chi connectivity index (χ3v) is 2.56. The summed E-state index contributed by atoms with van der Waals surface area (Å²) < 4.78 is 36.1. The third-order valence-electron chi connectivity index (χ3n) is 2.56. The number of carbonyl (C=O) groups excluding carboxylic acids is 1. The van der Waals surface area contributed by atoms with Crippen LogP contribution in [0.15, 0.2) is 45.4 Å².